The summed E-state index contributed by atoms with van der Waals surface area (Å²) in [5.41, 5.74) is 2.99. The number of halogens is 1. The number of benzene rings is 1. The van der Waals surface area contributed by atoms with E-state index in [1.54, 1.807) is 24.4 Å². The third-order valence-corrected chi connectivity index (χ3v) is 4.56. The molecule has 0 atom stereocenters. The van der Waals surface area contributed by atoms with Gasteiger partial charge in [-0.15, -0.1) is 0 Å². The molecule has 3 aromatic rings. The summed E-state index contributed by atoms with van der Waals surface area (Å²) in [6, 6.07) is 8.42. The molecule has 1 aromatic carbocycles. The van der Waals surface area contributed by atoms with Gasteiger partial charge >= 0.3 is 5.63 Å². The number of carbonyl (C=O) groups is 1. The Balaban J connectivity index is 1.84. The number of anilines is 1. The van der Waals surface area contributed by atoms with E-state index in [0.717, 1.165) is 22.1 Å². The summed E-state index contributed by atoms with van der Waals surface area (Å²) in [5, 5.41) is 3.80. The second kappa shape index (κ2) is 8.92. The average molecular weight is 413 g/mol. The molecule has 0 radical (unpaired) electrons. The van der Waals surface area contributed by atoms with Crippen molar-refractivity contribution in [3.05, 3.63) is 75.4 Å². The van der Waals surface area contributed by atoms with Gasteiger partial charge in [0.25, 0.3) is 0 Å². The van der Waals surface area contributed by atoms with E-state index < -0.39 is 5.63 Å². The Labute approximate surface area is 173 Å². The summed E-state index contributed by atoms with van der Waals surface area (Å²) in [7, 11) is 0. The summed E-state index contributed by atoms with van der Waals surface area (Å²) in [4.78, 5) is 28.0. The number of amides is 1. The summed E-state index contributed by atoms with van der Waals surface area (Å²) in [5.74, 6) is 0.364. The Morgan fingerprint density at radius 1 is 1.34 bits per heavy atom. The number of aryl methyl sites for hydroxylation is 2. The molecular weight excluding hydrogens is 392 g/mol. The SMILES string of the molecule is C=C(C)COc1cc2oc(=O)cc(C)c2cc1CCC(=O)Nc1cccnc1Cl. The molecule has 0 aliphatic rings. The van der Waals surface area contributed by atoms with E-state index in [-0.39, 0.29) is 17.5 Å². The van der Waals surface area contributed by atoms with Gasteiger partial charge in [0, 0.05) is 30.1 Å². The maximum Gasteiger partial charge on any atom is 0.336 e. The van der Waals surface area contributed by atoms with Crippen LogP contribution < -0.4 is 15.7 Å². The van der Waals surface area contributed by atoms with Crippen molar-refractivity contribution in [2.45, 2.75) is 26.7 Å². The van der Waals surface area contributed by atoms with E-state index in [4.69, 9.17) is 20.8 Å². The number of carbonyl (C=O) groups excluding carboxylic acids is 1. The Bertz CT molecular complexity index is 1140. The van der Waals surface area contributed by atoms with Crippen LogP contribution in [0.25, 0.3) is 11.0 Å². The Kier molecular flexibility index (Phi) is 6.34. The lowest BCUT2D eigenvalue weighted by atomic mass is 10.0. The zero-order valence-electron chi connectivity index (χ0n) is 16.3. The van der Waals surface area contributed by atoms with Crippen LogP contribution in [0.3, 0.4) is 0 Å². The zero-order chi connectivity index (χ0) is 21.0. The van der Waals surface area contributed by atoms with Crippen molar-refractivity contribution >= 4 is 34.2 Å². The molecule has 2 heterocycles. The lowest BCUT2D eigenvalue weighted by molar-refractivity contribution is -0.116. The van der Waals surface area contributed by atoms with Gasteiger partial charge in [-0.25, -0.2) is 9.78 Å². The summed E-state index contributed by atoms with van der Waals surface area (Å²) in [6.07, 6.45) is 2.21. The van der Waals surface area contributed by atoms with Crippen LogP contribution in [0.2, 0.25) is 5.15 Å². The molecule has 0 aliphatic carbocycles. The summed E-state index contributed by atoms with van der Waals surface area (Å²) < 4.78 is 11.1. The molecule has 0 saturated carbocycles. The average Bonchev–Trinajstić information content (AvgIpc) is 2.66. The molecule has 29 heavy (non-hydrogen) atoms. The van der Waals surface area contributed by atoms with Gasteiger partial charge in [0.15, 0.2) is 5.15 Å². The molecule has 0 bridgehead atoms. The van der Waals surface area contributed by atoms with E-state index in [0.29, 0.717) is 30.0 Å². The highest BCUT2D eigenvalue weighted by atomic mass is 35.5. The Hall–Kier alpha value is -3.12. The van der Waals surface area contributed by atoms with Crippen LogP contribution >= 0.6 is 11.6 Å². The van der Waals surface area contributed by atoms with E-state index in [1.165, 1.54) is 6.07 Å². The van der Waals surface area contributed by atoms with Crippen molar-refractivity contribution < 1.29 is 13.9 Å². The normalized spacial score (nSPS) is 10.7. The van der Waals surface area contributed by atoms with Crippen molar-refractivity contribution in [2.24, 2.45) is 0 Å². The van der Waals surface area contributed by atoms with Crippen molar-refractivity contribution in [3.63, 3.8) is 0 Å². The molecule has 0 fully saturated rings. The largest absolute Gasteiger partial charge is 0.489 e. The molecule has 7 heteroatoms. The lowest BCUT2D eigenvalue weighted by Gasteiger charge is -2.14. The lowest BCUT2D eigenvalue weighted by Crippen LogP contribution is -2.13. The van der Waals surface area contributed by atoms with Gasteiger partial charge in [0.2, 0.25) is 5.91 Å². The van der Waals surface area contributed by atoms with Crippen molar-refractivity contribution in [1.82, 2.24) is 4.98 Å². The predicted octanol–water partition coefficient (Wildman–Crippen LogP) is 4.68. The quantitative estimate of drug-likeness (QED) is 0.346. The smallest absolute Gasteiger partial charge is 0.336 e. The number of ether oxygens (including phenoxy) is 1. The molecule has 0 aliphatic heterocycles. The fraction of sp³-hybridized carbons (Fsp3) is 0.227. The third kappa shape index (κ3) is 5.23. The van der Waals surface area contributed by atoms with E-state index in [9.17, 15) is 9.59 Å². The van der Waals surface area contributed by atoms with Gasteiger partial charge in [-0.2, -0.15) is 0 Å². The van der Waals surface area contributed by atoms with E-state index in [2.05, 4.69) is 16.9 Å². The maximum atomic E-state index is 12.4. The molecule has 0 unspecified atom stereocenters. The topological polar surface area (TPSA) is 81.4 Å². The first-order valence-electron chi connectivity index (χ1n) is 9.08. The number of fused-ring (bicyclic) bond motifs is 1. The van der Waals surface area contributed by atoms with Crippen LogP contribution in [0.4, 0.5) is 5.69 Å². The molecule has 1 amide bonds. The van der Waals surface area contributed by atoms with E-state index in [1.807, 2.05) is 19.9 Å². The van der Waals surface area contributed by atoms with Gasteiger partial charge in [0.1, 0.15) is 17.9 Å². The van der Waals surface area contributed by atoms with Crippen LogP contribution in [0.15, 0.2) is 57.9 Å². The van der Waals surface area contributed by atoms with Crippen LogP contribution in [-0.4, -0.2) is 17.5 Å². The monoisotopic (exact) mass is 412 g/mol. The first-order chi connectivity index (χ1) is 13.8. The van der Waals surface area contributed by atoms with Crippen molar-refractivity contribution in [3.8, 4) is 5.75 Å². The van der Waals surface area contributed by atoms with Gasteiger partial charge in [-0.3, -0.25) is 4.79 Å². The highest BCUT2D eigenvalue weighted by Crippen LogP contribution is 2.29. The fourth-order valence-electron chi connectivity index (χ4n) is 2.86. The standard InChI is InChI=1S/C22H21ClN2O4/c1-13(2)12-28-18-11-19-16(14(3)9-21(27)29-19)10-15(18)6-7-20(26)25-17-5-4-8-24-22(17)23/h4-5,8-11H,1,6-7,12H2,2-3H3,(H,25,26). The number of nitrogens with zero attached hydrogens (tertiary/aromatic N) is 1. The molecule has 6 nitrogen and oxygen atoms in total. The van der Waals surface area contributed by atoms with Crippen molar-refractivity contribution in [2.75, 3.05) is 11.9 Å². The first-order valence-corrected chi connectivity index (χ1v) is 9.46. The molecule has 0 spiro atoms. The van der Waals surface area contributed by atoms with Gasteiger partial charge in [-0.1, -0.05) is 18.2 Å². The molecule has 150 valence electrons. The van der Waals surface area contributed by atoms with E-state index >= 15 is 0 Å². The van der Waals surface area contributed by atoms with Gasteiger partial charge < -0.3 is 14.5 Å². The second-order valence-electron chi connectivity index (χ2n) is 6.84. The highest BCUT2D eigenvalue weighted by Gasteiger charge is 2.13. The Morgan fingerprint density at radius 3 is 2.86 bits per heavy atom. The predicted molar refractivity (Wildman–Crippen MR) is 114 cm³/mol. The van der Waals surface area contributed by atoms with Crippen LogP contribution in [0.1, 0.15) is 24.5 Å². The number of aromatic nitrogens is 1. The molecule has 3 rings (SSSR count). The summed E-state index contributed by atoms with van der Waals surface area (Å²) >= 11 is 5.99. The minimum atomic E-state index is -0.415. The number of pyridine rings is 1. The van der Waals surface area contributed by atoms with Gasteiger partial charge in [-0.05, 0) is 55.2 Å². The summed E-state index contributed by atoms with van der Waals surface area (Å²) in [6.45, 7) is 7.86. The number of hydrogen-bond donors (Lipinski definition) is 1. The number of nitrogens with one attached hydrogen (secondary N) is 1. The number of rotatable bonds is 7. The molecule has 0 saturated heterocycles. The first kappa shape index (κ1) is 20.6. The minimum absolute atomic E-state index is 0.192. The van der Waals surface area contributed by atoms with Crippen LogP contribution in [0.5, 0.6) is 5.75 Å². The Morgan fingerprint density at radius 2 is 2.14 bits per heavy atom. The second-order valence-corrected chi connectivity index (χ2v) is 7.20. The minimum Gasteiger partial charge on any atom is -0.489 e. The zero-order valence-corrected chi connectivity index (χ0v) is 17.0. The molecule has 2 aromatic heterocycles. The molecular formula is C22H21ClN2O4. The van der Waals surface area contributed by atoms with Crippen LogP contribution in [-0.2, 0) is 11.2 Å². The van der Waals surface area contributed by atoms with Gasteiger partial charge in [0.05, 0.1) is 5.69 Å². The number of hydrogen-bond acceptors (Lipinski definition) is 5. The van der Waals surface area contributed by atoms with Crippen molar-refractivity contribution in [1.29, 1.82) is 0 Å². The van der Waals surface area contributed by atoms with Crippen LogP contribution in [0, 0.1) is 6.92 Å². The maximum absolute atomic E-state index is 12.4. The highest BCUT2D eigenvalue weighted by molar-refractivity contribution is 6.32. The fourth-order valence-corrected chi connectivity index (χ4v) is 3.03. The molecule has 1 N–H and O–H groups in total. The third-order valence-electron chi connectivity index (χ3n) is 4.26.